The number of carbonyl (C=O) groups excluding carboxylic acids is 1. The molecule has 2 heterocycles. The number of hydrogen-bond donors (Lipinski definition) is 0. The second kappa shape index (κ2) is 8.86. The molecule has 0 radical (unpaired) electrons. The van der Waals surface area contributed by atoms with Crippen LogP contribution in [0.3, 0.4) is 0 Å². The van der Waals surface area contributed by atoms with Gasteiger partial charge in [-0.2, -0.15) is 0 Å². The molecule has 4 nitrogen and oxygen atoms in total. The van der Waals surface area contributed by atoms with Gasteiger partial charge in [-0.05, 0) is 31.2 Å². The van der Waals surface area contributed by atoms with Crippen LogP contribution in [0.2, 0.25) is 0 Å². The van der Waals surface area contributed by atoms with Crippen LogP contribution in [-0.2, 0) is 0 Å². The second-order valence-corrected chi connectivity index (χ2v) is 10.4. The van der Waals surface area contributed by atoms with Crippen molar-refractivity contribution in [3.8, 4) is 0 Å². The van der Waals surface area contributed by atoms with Crippen LogP contribution >= 0.6 is 23.1 Å². The number of para-hydroxylation sites is 1. The fraction of sp³-hybridized carbons (Fsp3) is 0.391. The number of aromatic nitrogens is 1. The first kappa shape index (κ1) is 20.4. The highest BCUT2D eigenvalue weighted by Crippen LogP contribution is 2.31. The highest BCUT2D eigenvalue weighted by molar-refractivity contribution is 8.00. The third kappa shape index (κ3) is 4.49. The lowest BCUT2D eigenvalue weighted by atomic mass is 10.1. The summed E-state index contributed by atoms with van der Waals surface area (Å²) < 4.78 is 1.24. The van der Waals surface area contributed by atoms with E-state index < -0.39 is 0 Å². The fourth-order valence-corrected chi connectivity index (χ4v) is 5.71. The molecule has 1 atom stereocenters. The first-order chi connectivity index (χ1) is 14.0. The Kier molecular flexibility index (Phi) is 6.23. The van der Waals surface area contributed by atoms with Crippen LogP contribution in [0.1, 0.15) is 42.2 Å². The van der Waals surface area contributed by atoms with Gasteiger partial charge in [-0.1, -0.05) is 38.1 Å². The zero-order valence-corrected chi connectivity index (χ0v) is 18.8. The van der Waals surface area contributed by atoms with Crippen LogP contribution in [-0.4, -0.2) is 52.1 Å². The molecule has 0 spiro atoms. The summed E-state index contributed by atoms with van der Waals surface area (Å²) in [5.41, 5.74) is 1.91. The number of nitrogens with zero attached hydrogens (tertiary/aromatic N) is 3. The largest absolute Gasteiger partial charge is 0.336 e. The molecule has 1 aliphatic rings. The normalized spacial score (nSPS) is 16.5. The Morgan fingerprint density at radius 3 is 2.41 bits per heavy atom. The zero-order chi connectivity index (χ0) is 20.4. The maximum Gasteiger partial charge on any atom is 0.255 e. The lowest BCUT2D eigenvalue weighted by molar-refractivity contribution is 0.0579. The van der Waals surface area contributed by atoms with Crippen LogP contribution < -0.4 is 0 Å². The van der Waals surface area contributed by atoms with Gasteiger partial charge in [0.2, 0.25) is 0 Å². The Hall–Kier alpha value is -1.89. The standard InChI is InChI=1S/C23H27N3OS2/c1-16(2)28-20-10-6-4-8-18(20)23(27)26-14-12-25(13-15-26)17(3)22-24-19-9-5-7-11-21(19)29-22/h4-11,16-17H,12-15H2,1-3H3/t17-/m0/s1. The summed E-state index contributed by atoms with van der Waals surface area (Å²) in [4.78, 5) is 23.5. The van der Waals surface area contributed by atoms with E-state index in [0.717, 1.165) is 47.2 Å². The van der Waals surface area contributed by atoms with Crippen LogP contribution in [0, 0.1) is 0 Å². The predicted molar refractivity (Wildman–Crippen MR) is 123 cm³/mol. The summed E-state index contributed by atoms with van der Waals surface area (Å²) in [5.74, 6) is 0.154. The summed E-state index contributed by atoms with van der Waals surface area (Å²) in [6.45, 7) is 9.82. The summed E-state index contributed by atoms with van der Waals surface area (Å²) in [5, 5.41) is 1.61. The highest BCUT2D eigenvalue weighted by atomic mass is 32.2. The molecule has 4 rings (SSSR count). The van der Waals surface area contributed by atoms with E-state index in [9.17, 15) is 4.79 Å². The van der Waals surface area contributed by atoms with Gasteiger partial charge in [-0.15, -0.1) is 23.1 Å². The zero-order valence-electron chi connectivity index (χ0n) is 17.2. The van der Waals surface area contributed by atoms with Gasteiger partial charge in [0, 0.05) is 36.3 Å². The summed E-state index contributed by atoms with van der Waals surface area (Å²) in [6, 6.07) is 16.6. The van der Waals surface area contributed by atoms with Gasteiger partial charge in [-0.3, -0.25) is 9.69 Å². The molecular formula is C23H27N3OS2. The Balaban J connectivity index is 1.42. The number of carbonyl (C=O) groups is 1. The monoisotopic (exact) mass is 425 g/mol. The Labute approximate surface area is 180 Å². The lowest BCUT2D eigenvalue weighted by Gasteiger charge is -2.37. The van der Waals surface area contributed by atoms with E-state index in [1.807, 2.05) is 29.2 Å². The quantitative estimate of drug-likeness (QED) is 0.519. The molecule has 1 aromatic heterocycles. The van der Waals surface area contributed by atoms with E-state index in [1.165, 1.54) is 4.70 Å². The van der Waals surface area contributed by atoms with Crippen molar-refractivity contribution in [2.24, 2.45) is 0 Å². The molecule has 6 heteroatoms. The number of piperazine rings is 1. The number of thiazole rings is 1. The fourth-order valence-electron chi connectivity index (χ4n) is 3.71. The molecule has 0 saturated carbocycles. The van der Waals surface area contributed by atoms with Crippen LogP contribution in [0.4, 0.5) is 0 Å². The minimum absolute atomic E-state index is 0.154. The third-order valence-electron chi connectivity index (χ3n) is 5.30. The molecule has 1 aliphatic heterocycles. The Morgan fingerprint density at radius 2 is 1.69 bits per heavy atom. The van der Waals surface area contributed by atoms with Crippen LogP contribution in [0.5, 0.6) is 0 Å². The van der Waals surface area contributed by atoms with Gasteiger partial charge in [0.15, 0.2) is 0 Å². The third-order valence-corrected chi connectivity index (χ3v) is 7.59. The van der Waals surface area contributed by atoms with Crippen molar-refractivity contribution < 1.29 is 4.79 Å². The number of hydrogen-bond acceptors (Lipinski definition) is 5. The van der Waals surface area contributed by atoms with E-state index in [0.29, 0.717) is 5.25 Å². The van der Waals surface area contributed by atoms with Crippen molar-refractivity contribution in [3.63, 3.8) is 0 Å². The molecule has 0 aliphatic carbocycles. The van der Waals surface area contributed by atoms with Gasteiger partial charge in [-0.25, -0.2) is 4.98 Å². The van der Waals surface area contributed by atoms with Crippen molar-refractivity contribution in [2.45, 2.75) is 37.0 Å². The van der Waals surface area contributed by atoms with Gasteiger partial charge < -0.3 is 4.90 Å². The van der Waals surface area contributed by atoms with Crippen LogP contribution in [0.25, 0.3) is 10.2 Å². The first-order valence-corrected chi connectivity index (χ1v) is 11.9. The van der Waals surface area contributed by atoms with Crippen LogP contribution in [0.15, 0.2) is 53.4 Å². The van der Waals surface area contributed by atoms with E-state index in [2.05, 4.69) is 49.9 Å². The van der Waals surface area contributed by atoms with Crippen molar-refractivity contribution in [1.82, 2.24) is 14.8 Å². The number of fused-ring (bicyclic) bond motifs is 1. The SMILES string of the molecule is CC(C)Sc1ccccc1C(=O)N1CCN([C@@H](C)c2nc3ccccc3s2)CC1. The van der Waals surface area contributed by atoms with Gasteiger partial charge in [0.1, 0.15) is 5.01 Å². The molecular weight excluding hydrogens is 398 g/mol. The first-order valence-electron chi connectivity index (χ1n) is 10.2. The number of thioether (sulfide) groups is 1. The topological polar surface area (TPSA) is 36.4 Å². The predicted octanol–water partition coefficient (Wildman–Crippen LogP) is 5.32. The molecule has 2 aromatic carbocycles. The summed E-state index contributed by atoms with van der Waals surface area (Å²) in [6.07, 6.45) is 0. The van der Waals surface area contributed by atoms with E-state index >= 15 is 0 Å². The molecule has 0 bridgehead atoms. The van der Waals surface area contributed by atoms with Gasteiger partial charge in [0.05, 0.1) is 21.8 Å². The summed E-state index contributed by atoms with van der Waals surface area (Å²) >= 11 is 3.53. The van der Waals surface area contributed by atoms with E-state index in [-0.39, 0.29) is 11.9 Å². The minimum atomic E-state index is 0.154. The summed E-state index contributed by atoms with van der Waals surface area (Å²) in [7, 11) is 0. The molecule has 0 unspecified atom stereocenters. The number of rotatable bonds is 5. The van der Waals surface area contributed by atoms with Gasteiger partial charge >= 0.3 is 0 Å². The van der Waals surface area contributed by atoms with Crippen molar-refractivity contribution >= 4 is 39.2 Å². The second-order valence-electron chi connectivity index (χ2n) is 7.69. The molecule has 1 fully saturated rings. The maximum absolute atomic E-state index is 13.1. The average molecular weight is 426 g/mol. The lowest BCUT2D eigenvalue weighted by Crippen LogP contribution is -2.49. The van der Waals surface area contributed by atoms with E-state index in [4.69, 9.17) is 4.98 Å². The Morgan fingerprint density at radius 1 is 1.00 bits per heavy atom. The molecule has 1 saturated heterocycles. The maximum atomic E-state index is 13.1. The Bertz CT molecular complexity index is 959. The van der Waals surface area contributed by atoms with Gasteiger partial charge in [0.25, 0.3) is 5.91 Å². The number of amides is 1. The average Bonchev–Trinajstić information content (AvgIpc) is 3.17. The molecule has 3 aromatic rings. The number of benzene rings is 2. The smallest absolute Gasteiger partial charge is 0.255 e. The molecule has 29 heavy (non-hydrogen) atoms. The molecule has 0 N–H and O–H groups in total. The molecule has 152 valence electrons. The highest BCUT2D eigenvalue weighted by Gasteiger charge is 2.27. The van der Waals surface area contributed by atoms with Crippen molar-refractivity contribution in [1.29, 1.82) is 0 Å². The van der Waals surface area contributed by atoms with Crippen molar-refractivity contribution in [3.05, 3.63) is 59.1 Å². The van der Waals surface area contributed by atoms with E-state index in [1.54, 1.807) is 23.1 Å². The minimum Gasteiger partial charge on any atom is -0.336 e. The molecule has 1 amide bonds. The van der Waals surface area contributed by atoms with Crippen molar-refractivity contribution in [2.75, 3.05) is 26.2 Å².